The Labute approximate surface area is 210 Å². The Kier molecular flexibility index (Phi) is 7.92. The van der Waals surface area contributed by atoms with E-state index in [1.54, 1.807) is 0 Å². The molecule has 0 spiro atoms. The van der Waals surface area contributed by atoms with E-state index in [1.165, 1.54) is 35.1 Å². The molecule has 1 aliphatic heterocycles. The molecule has 0 aliphatic carbocycles. The molecule has 0 radical (unpaired) electrons. The molecule has 1 saturated heterocycles. The zero-order valence-corrected chi connectivity index (χ0v) is 20.9. The van der Waals surface area contributed by atoms with E-state index in [1.807, 2.05) is 0 Å². The number of piperidine rings is 1. The molecule has 0 unspecified atom stereocenters. The van der Waals surface area contributed by atoms with Crippen LogP contribution in [0.2, 0.25) is 0 Å². The summed E-state index contributed by atoms with van der Waals surface area (Å²) in [6.45, 7) is 7.41. The number of hydrogen-bond donors (Lipinski definition) is 0. The predicted molar refractivity (Wildman–Crippen MR) is 144 cm³/mol. The van der Waals surface area contributed by atoms with E-state index in [0.717, 1.165) is 36.7 Å². The molecule has 0 atom stereocenters. The highest BCUT2D eigenvalue weighted by Gasteiger charge is 2.29. The minimum Gasteiger partial charge on any atom is -0.459 e. The van der Waals surface area contributed by atoms with Crippen LogP contribution < -0.4 is 0 Å². The molecule has 1 aliphatic rings. The lowest BCUT2D eigenvalue weighted by molar-refractivity contribution is 0.158. The van der Waals surface area contributed by atoms with E-state index in [0.29, 0.717) is 11.8 Å². The fraction of sp³-hybridized carbons (Fsp3) is 0.290. The number of likely N-dealkylation sites (tertiary alicyclic amines) is 1. The van der Waals surface area contributed by atoms with E-state index >= 15 is 0 Å². The van der Waals surface area contributed by atoms with Crippen LogP contribution in [0.3, 0.4) is 0 Å². The Hall–Kier alpha value is -2.81. The molecule has 3 heteroatoms. The lowest BCUT2D eigenvalue weighted by atomic mass is 9.76. The quantitative estimate of drug-likeness (QED) is 0.283. The standard InChI is InChI=1S/C31H33NO.ClH/c1-23-13-15-25(16-14-23)29-21-24(2)30(33-29)22-32-19-17-28(18-20-32)31(26-9-5-3-6-10-26)27-11-7-4-8-12-27;/h3-16,21,28,31H,17-20,22H2,1-2H3;1H. The second-order valence-corrected chi connectivity index (χ2v) is 9.50. The third-order valence-corrected chi connectivity index (χ3v) is 7.14. The third-order valence-electron chi connectivity index (χ3n) is 7.14. The number of nitrogens with zero attached hydrogens (tertiary/aromatic N) is 1. The first-order valence-corrected chi connectivity index (χ1v) is 12.2. The van der Waals surface area contributed by atoms with Crippen molar-refractivity contribution in [3.63, 3.8) is 0 Å². The summed E-state index contributed by atoms with van der Waals surface area (Å²) in [6, 6.07) is 32.9. The highest BCUT2D eigenvalue weighted by molar-refractivity contribution is 5.85. The number of halogens is 1. The Morgan fingerprint density at radius 3 is 1.91 bits per heavy atom. The minimum atomic E-state index is 0. The molecule has 0 amide bonds. The predicted octanol–water partition coefficient (Wildman–Crippen LogP) is 8.03. The average Bonchev–Trinajstić information content (AvgIpc) is 3.22. The van der Waals surface area contributed by atoms with Crippen molar-refractivity contribution in [3.05, 3.63) is 119 Å². The van der Waals surface area contributed by atoms with Gasteiger partial charge in [-0.05, 0) is 68.5 Å². The summed E-state index contributed by atoms with van der Waals surface area (Å²) in [5.41, 5.74) is 6.55. The van der Waals surface area contributed by atoms with Crippen LogP contribution in [-0.2, 0) is 6.54 Å². The van der Waals surface area contributed by atoms with Crippen LogP contribution in [-0.4, -0.2) is 18.0 Å². The van der Waals surface area contributed by atoms with Crippen LogP contribution in [0.4, 0.5) is 0 Å². The van der Waals surface area contributed by atoms with E-state index in [4.69, 9.17) is 4.42 Å². The van der Waals surface area contributed by atoms with Gasteiger partial charge in [-0.3, -0.25) is 4.90 Å². The molecular weight excluding hydrogens is 438 g/mol. The molecule has 0 bridgehead atoms. The Bertz CT molecular complexity index is 1120. The number of aryl methyl sites for hydroxylation is 2. The zero-order valence-electron chi connectivity index (χ0n) is 20.1. The molecular formula is C31H34ClNO. The van der Waals surface area contributed by atoms with Crippen molar-refractivity contribution in [2.45, 2.75) is 39.2 Å². The lowest BCUT2D eigenvalue weighted by Crippen LogP contribution is -2.35. The molecule has 34 heavy (non-hydrogen) atoms. The first-order chi connectivity index (χ1) is 16.2. The average molecular weight is 472 g/mol. The maximum absolute atomic E-state index is 6.31. The summed E-state index contributed by atoms with van der Waals surface area (Å²) in [5.74, 6) is 3.21. The lowest BCUT2D eigenvalue weighted by Gasteiger charge is -2.36. The fourth-order valence-corrected chi connectivity index (χ4v) is 5.24. The summed E-state index contributed by atoms with van der Waals surface area (Å²) in [5, 5.41) is 0. The van der Waals surface area contributed by atoms with Gasteiger partial charge in [-0.2, -0.15) is 0 Å². The van der Waals surface area contributed by atoms with E-state index in [2.05, 4.69) is 110 Å². The summed E-state index contributed by atoms with van der Waals surface area (Å²) in [6.07, 6.45) is 2.41. The van der Waals surface area contributed by atoms with Gasteiger partial charge in [0.25, 0.3) is 0 Å². The maximum atomic E-state index is 6.31. The Morgan fingerprint density at radius 1 is 0.794 bits per heavy atom. The largest absolute Gasteiger partial charge is 0.459 e. The number of benzene rings is 3. The third kappa shape index (κ3) is 5.46. The van der Waals surface area contributed by atoms with Crippen molar-refractivity contribution < 1.29 is 4.42 Å². The topological polar surface area (TPSA) is 16.4 Å². The molecule has 2 heterocycles. The summed E-state index contributed by atoms with van der Waals surface area (Å²) < 4.78 is 6.31. The van der Waals surface area contributed by atoms with Crippen LogP contribution in [0, 0.1) is 19.8 Å². The summed E-state index contributed by atoms with van der Waals surface area (Å²) >= 11 is 0. The Balaban J connectivity index is 0.00000274. The van der Waals surface area contributed by atoms with Gasteiger partial charge in [0.2, 0.25) is 0 Å². The normalized spacial score (nSPS) is 14.8. The molecule has 2 nitrogen and oxygen atoms in total. The molecule has 1 aromatic heterocycles. The van der Waals surface area contributed by atoms with Crippen LogP contribution in [0.15, 0.2) is 95.4 Å². The van der Waals surface area contributed by atoms with Crippen molar-refractivity contribution in [2.75, 3.05) is 13.1 Å². The van der Waals surface area contributed by atoms with E-state index < -0.39 is 0 Å². The van der Waals surface area contributed by atoms with Gasteiger partial charge in [0.15, 0.2) is 0 Å². The molecule has 0 saturated carbocycles. The van der Waals surface area contributed by atoms with Crippen molar-refractivity contribution in [1.82, 2.24) is 4.90 Å². The van der Waals surface area contributed by atoms with Gasteiger partial charge >= 0.3 is 0 Å². The second kappa shape index (κ2) is 11.1. The fourth-order valence-electron chi connectivity index (χ4n) is 5.24. The van der Waals surface area contributed by atoms with Gasteiger partial charge in [0.1, 0.15) is 11.5 Å². The van der Waals surface area contributed by atoms with Crippen molar-refractivity contribution in [2.24, 2.45) is 5.92 Å². The second-order valence-electron chi connectivity index (χ2n) is 9.50. The van der Waals surface area contributed by atoms with Crippen molar-refractivity contribution in [1.29, 1.82) is 0 Å². The monoisotopic (exact) mass is 471 g/mol. The van der Waals surface area contributed by atoms with Crippen LogP contribution in [0.1, 0.15) is 46.8 Å². The van der Waals surface area contributed by atoms with Crippen LogP contribution >= 0.6 is 12.4 Å². The molecule has 176 valence electrons. The number of rotatable bonds is 6. The Morgan fingerprint density at radius 2 is 1.35 bits per heavy atom. The first-order valence-electron chi connectivity index (χ1n) is 12.2. The molecule has 1 fully saturated rings. The molecule has 5 rings (SSSR count). The summed E-state index contributed by atoms with van der Waals surface area (Å²) in [7, 11) is 0. The van der Waals surface area contributed by atoms with Crippen molar-refractivity contribution in [3.8, 4) is 11.3 Å². The summed E-state index contributed by atoms with van der Waals surface area (Å²) in [4.78, 5) is 2.56. The first kappa shape index (κ1) is 24.3. The number of hydrogen-bond acceptors (Lipinski definition) is 2. The van der Waals surface area contributed by atoms with Gasteiger partial charge in [0, 0.05) is 11.5 Å². The van der Waals surface area contributed by atoms with Gasteiger partial charge < -0.3 is 4.42 Å². The van der Waals surface area contributed by atoms with E-state index in [-0.39, 0.29) is 12.4 Å². The molecule has 4 aromatic rings. The zero-order chi connectivity index (χ0) is 22.6. The smallest absolute Gasteiger partial charge is 0.134 e. The van der Waals surface area contributed by atoms with Gasteiger partial charge in [-0.1, -0.05) is 90.5 Å². The SMILES string of the molecule is Cc1ccc(-c2cc(C)c(CN3CCC(C(c4ccccc4)c4ccccc4)CC3)o2)cc1.Cl. The van der Waals surface area contributed by atoms with Crippen LogP contribution in [0.25, 0.3) is 11.3 Å². The van der Waals surface area contributed by atoms with Gasteiger partial charge in [-0.15, -0.1) is 12.4 Å². The molecule has 3 aromatic carbocycles. The highest BCUT2D eigenvalue weighted by atomic mass is 35.5. The minimum absolute atomic E-state index is 0. The maximum Gasteiger partial charge on any atom is 0.134 e. The molecule has 0 N–H and O–H groups in total. The highest BCUT2D eigenvalue weighted by Crippen LogP contribution is 2.38. The van der Waals surface area contributed by atoms with Gasteiger partial charge in [0.05, 0.1) is 6.54 Å². The van der Waals surface area contributed by atoms with Crippen molar-refractivity contribution >= 4 is 12.4 Å². The van der Waals surface area contributed by atoms with Crippen LogP contribution in [0.5, 0.6) is 0 Å². The van der Waals surface area contributed by atoms with E-state index in [9.17, 15) is 0 Å². The number of furan rings is 1. The van der Waals surface area contributed by atoms with Gasteiger partial charge in [-0.25, -0.2) is 0 Å².